The fraction of sp³-hybridized carbons (Fsp3) is 0.231. The van der Waals surface area contributed by atoms with Gasteiger partial charge >= 0.3 is 6.03 Å². The van der Waals surface area contributed by atoms with Crippen molar-refractivity contribution in [1.82, 2.24) is 15.1 Å². The van der Waals surface area contributed by atoms with E-state index in [1.54, 1.807) is 30.1 Å². The lowest BCUT2D eigenvalue weighted by molar-refractivity contribution is 0.249. The summed E-state index contributed by atoms with van der Waals surface area (Å²) >= 11 is 5.92. The van der Waals surface area contributed by atoms with Gasteiger partial charge in [0.15, 0.2) is 5.82 Å². The zero-order valence-electron chi connectivity index (χ0n) is 10.7. The van der Waals surface area contributed by atoms with Crippen molar-refractivity contribution in [3.05, 3.63) is 47.1 Å². The predicted molar refractivity (Wildman–Crippen MR) is 75.2 cm³/mol. The van der Waals surface area contributed by atoms with Gasteiger partial charge in [0.25, 0.3) is 0 Å². The second-order valence-corrected chi connectivity index (χ2v) is 4.69. The average Bonchev–Trinajstić information content (AvgIpc) is 2.74. The molecule has 2 rings (SSSR count). The smallest absolute Gasteiger partial charge is 0.320 e. The van der Waals surface area contributed by atoms with Crippen LogP contribution in [0.4, 0.5) is 10.6 Å². The zero-order chi connectivity index (χ0) is 13.8. The molecule has 1 aromatic carbocycles. The van der Waals surface area contributed by atoms with Gasteiger partial charge in [-0.1, -0.05) is 23.7 Å². The molecule has 0 radical (unpaired) electrons. The molecule has 100 valence electrons. The van der Waals surface area contributed by atoms with E-state index in [0.29, 0.717) is 10.8 Å². The normalized spacial score (nSPS) is 11.9. The largest absolute Gasteiger partial charge is 0.331 e. The molecule has 0 aliphatic rings. The first kappa shape index (κ1) is 13.4. The molecular weight excluding hydrogens is 264 g/mol. The van der Waals surface area contributed by atoms with E-state index in [0.717, 1.165) is 5.56 Å². The fourth-order valence-electron chi connectivity index (χ4n) is 1.69. The highest BCUT2D eigenvalue weighted by molar-refractivity contribution is 6.30. The topological polar surface area (TPSA) is 59.0 Å². The highest BCUT2D eigenvalue weighted by Crippen LogP contribution is 2.17. The molecule has 6 heteroatoms. The molecule has 0 spiro atoms. The summed E-state index contributed by atoms with van der Waals surface area (Å²) in [6.45, 7) is 1.89. The zero-order valence-corrected chi connectivity index (χ0v) is 11.5. The summed E-state index contributed by atoms with van der Waals surface area (Å²) in [6, 6.07) is 8.68. The number of nitrogens with zero attached hydrogens (tertiary/aromatic N) is 2. The molecule has 2 N–H and O–H groups in total. The predicted octanol–water partition coefficient (Wildman–Crippen LogP) is 2.96. The molecule has 5 nitrogen and oxygen atoms in total. The van der Waals surface area contributed by atoms with Crippen molar-refractivity contribution in [2.45, 2.75) is 13.0 Å². The Morgan fingerprint density at radius 3 is 2.84 bits per heavy atom. The Balaban J connectivity index is 1.95. The number of aromatic nitrogens is 2. The number of hydrogen-bond donors (Lipinski definition) is 2. The quantitative estimate of drug-likeness (QED) is 0.907. The number of halogens is 1. The number of amides is 2. The van der Waals surface area contributed by atoms with Crippen LogP contribution in [-0.4, -0.2) is 15.8 Å². The maximum absolute atomic E-state index is 11.8. The fourth-order valence-corrected chi connectivity index (χ4v) is 1.89. The minimum atomic E-state index is -0.300. The Kier molecular flexibility index (Phi) is 4.06. The van der Waals surface area contributed by atoms with Crippen LogP contribution in [0.2, 0.25) is 5.02 Å². The Morgan fingerprint density at radius 2 is 2.21 bits per heavy atom. The third-order valence-electron chi connectivity index (χ3n) is 2.65. The third kappa shape index (κ3) is 3.72. The van der Waals surface area contributed by atoms with E-state index < -0.39 is 0 Å². The van der Waals surface area contributed by atoms with Crippen LogP contribution in [0, 0.1) is 0 Å². The summed E-state index contributed by atoms with van der Waals surface area (Å²) < 4.78 is 1.62. The highest BCUT2D eigenvalue weighted by atomic mass is 35.5. The second-order valence-electron chi connectivity index (χ2n) is 4.25. The Labute approximate surface area is 116 Å². The van der Waals surface area contributed by atoms with Gasteiger partial charge in [-0.05, 0) is 24.6 Å². The van der Waals surface area contributed by atoms with Gasteiger partial charge in [0.2, 0.25) is 0 Å². The number of rotatable bonds is 3. The van der Waals surface area contributed by atoms with Crippen LogP contribution < -0.4 is 10.6 Å². The summed E-state index contributed by atoms with van der Waals surface area (Å²) in [6.07, 6.45) is 1.76. The molecular formula is C13H15ClN4O. The standard InChI is InChI=1S/C13H15ClN4O/c1-9(10-4-3-5-11(14)8-10)15-13(19)16-12-6-7-18(2)17-12/h3-9H,1-2H3,(H2,15,16,17,19). The number of hydrogen-bond acceptors (Lipinski definition) is 2. The lowest BCUT2D eigenvalue weighted by Gasteiger charge is -2.14. The summed E-state index contributed by atoms with van der Waals surface area (Å²) in [4.78, 5) is 11.8. The van der Waals surface area contributed by atoms with E-state index in [2.05, 4.69) is 15.7 Å². The first-order valence-corrected chi connectivity index (χ1v) is 6.25. The van der Waals surface area contributed by atoms with E-state index in [1.807, 2.05) is 25.1 Å². The molecule has 1 unspecified atom stereocenters. The average molecular weight is 279 g/mol. The van der Waals surface area contributed by atoms with Crippen LogP contribution in [-0.2, 0) is 7.05 Å². The summed E-state index contributed by atoms with van der Waals surface area (Å²) in [5.74, 6) is 0.512. The van der Waals surface area contributed by atoms with Crippen molar-refractivity contribution in [3.63, 3.8) is 0 Å². The van der Waals surface area contributed by atoms with Crippen LogP contribution in [0.5, 0.6) is 0 Å². The van der Waals surface area contributed by atoms with E-state index in [-0.39, 0.29) is 12.1 Å². The lowest BCUT2D eigenvalue weighted by Crippen LogP contribution is -2.31. The molecule has 1 atom stereocenters. The number of anilines is 1. The molecule has 19 heavy (non-hydrogen) atoms. The molecule has 0 aliphatic heterocycles. The van der Waals surface area contributed by atoms with E-state index in [4.69, 9.17) is 11.6 Å². The molecule has 0 fully saturated rings. The Hall–Kier alpha value is -2.01. The SMILES string of the molecule is CC(NC(=O)Nc1ccn(C)n1)c1cccc(Cl)c1. The number of carbonyl (C=O) groups is 1. The van der Waals surface area contributed by atoms with Crippen molar-refractivity contribution in [1.29, 1.82) is 0 Å². The van der Waals surface area contributed by atoms with Crippen LogP contribution >= 0.6 is 11.6 Å². The monoisotopic (exact) mass is 278 g/mol. The molecule has 1 heterocycles. The maximum atomic E-state index is 11.8. The van der Waals surface area contributed by atoms with Gasteiger partial charge in [0, 0.05) is 24.3 Å². The molecule has 0 bridgehead atoms. The first-order valence-electron chi connectivity index (χ1n) is 5.87. The van der Waals surface area contributed by atoms with Crippen molar-refractivity contribution in [2.24, 2.45) is 7.05 Å². The second kappa shape index (κ2) is 5.75. The van der Waals surface area contributed by atoms with Crippen molar-refractivity contribution in [3.8, 4) is 0 Å². The lowest BCUT2D eigenvalue weighted by atomic mass is 10.1. The molecule has 2 amide bonds. The Bertz CT molecular complexity index is 582. The summed E-state index contributed by atoms with van der Waals surface area (Å²) in [7, 11) is 1.79. The van der Waals surface area contributed by atoms with Gasteiger partial charge in [-0.2, -0.15) is 5.10 Å². The third-order valence-corrected chi connectivity index (χ3v) is 2.89. The minimum absolute atomic E-state index is 0.137. The van der Waals surface area contributed by atoms with Crippen LogP contribution in [0.25, 0.3) is 0 Å². The molecule has 2 aromatic rings. The van der Waals surface area contributed by atoms with Gasteiger partial charge in [0.1, 0.15) is 0 Å². The first-order chi connectivity index (χ1) is 9.04. The van der Waals surface area contributed by atoms with Crippen molar-refractivity contribution < 1.29 is 4.79 Å². The number of aryl methyl sites for hydroxylation is 1. The van der Waals surface area contributed by atoms with Gasteiger partial charge in [-0.3, -0.25) is 10.00 Å². The van der Waals surface area contributed by atoms with Crippen LogP contribution in [0.1, 0.15) is 18.5 Å². The number of urea groups is 1. The number of carbonyl (C=O) groups excluding carboxylic acids is 1. The minimum Gasteiger partial charge on any atom is -0.331 e. The van der Waals surface area contributed by atoms with Crippen LogP contribution in [0.15, 0.2) is 36.5 Å². The molecule has 0 saturated heterocycles. The molecule has 0 saturated carbocycles. The van der Waals surface area contributed by atoms with E-state index >= 15 is 0 Å². The number of benzene rings is 1. The number of nitrogens with one attached hydrogen (secondary N) is 2. The van der Waals surface area contributed by atoms with Gasteiger partial charge in [0.05, 0.1) is 6.04 Å². The van der Waals surface area contributed by atoms with Gasteiger partial charge in [-0.25, -0.2) is 4.79 Å². The van der Waals surface area contributed by atoms with Crippen LogP contribution in [0.3, 0.4) is 0 Å². The summed E-state index contributed by atoms with van der Waals surface area (Å²) in [5.41, 5.74) is 0.948. The molecule has 0 aliphatic carbocycles. The van der Waals surface area contributed by atoms with E-state index in [9.17, 15) is 4.79 Å². The van der Waals surface area contributed by atoms with Crippen molar-refractivity contribution in [2.75, 3.05) is 5.32 Å². The maximum Gasteiger partial charge on any atom is 0.320 e. The highest BCUT2D eigenvalue weighted by Gasteiger charge is 2.10. The van der Waals surface area contributed by atoms with E-state index in [1.165, 1.54) is 0 Å². The van der Waals surface area contributed by atoms with Gasteiger partial charge < -0.3 is 5.32 Å². The van der Waals surface area contributed by atoms with Crippen molar-refractivity contribution >= 4 is 23.4 Å². The molecule has 1 aromatic heterocycles. The summed E-state index contributed by atoms with van der Waals surface area (Å²) in [5, 5.41) is 10.2. The Morgan fingerprint density at radius 1 is 1.42 bits per heavy atom. The van der Waals surface area contributed by atoms with Gasteiger partial charge in [-0.15, -0.1) is 0 Å².